The van der Waals surface area contributed by atoms with Gasteiger partial charge in [0.05, 0.1) is 6.20 Å². The van der Waals surface area contributed by atoms with Crippen molar-refractivity contribution in [1.82, 2.24) is 19.5 Å². The van der Waals surface area contributed by atoms with Crippen LogP contribution in [0.3, 0.4) is 0 Å². The van der Waals surface area contributed by atoms with Crippen molar-refractivity contribution in [2.75, 3.05) is 25.5 Å². The Labute approximate surface area is 165 Å². The normalized spacial score (nSPS) is 20.4. The average molecular weight is 377 g/mol. The Morgan fingerprint density at radius 3 is 2.89 bits per heavy atom. The number of aromatic nitrogens is 3. The standard InChI is InChI=1S/C22H27N5O/c1-16-15-26(2)13-10-18(16)7-4-17-5-8-19(9-6-17)25-22(28)20-14-24-27-12-3-11-23-21(20)27/h3,5-6,8-9,11-12,14,16,18H,4,7,10,13,15H2,1-2H3,(H,25,28). The molecule has 1 aliphatic heterocycles. The predicted molar refractivity (Wildman–Crippen MR) is 110 cm³/mol. The largest absolute Gasteiger partial charge is 0.322 e. The Hall–Kier alpha value is -2.73. The summed E-state index contributed by atoms with van der Waals surface area (Å²) in [5.74, 6) is 1.37. The Bertz CT molecular complexity index is 949. The number of hydrogen-bond acceptors (Lipinski definition) is 4. The van der Waals surface area contributed by atoms with Crippen molar-refractivity contribution in [3.63, 3.8) is 0 Å². The number of fused-ring (bicyclic) bond motifs is 1. The third kappa shape index (κ3) is 4.07. The molecular weight excluding hydrogens is 350 g/mol. The van der Waals surface area contributed by atoms with E-state index >= 15 is 0 Å². The highest BCUT2D eigenvalue weighted by molar-refractivity contribution is 6.08. The minimum absolute atomic E-state index is 0.193. The van der Waals surface area contributed by atoms with Crippen LogP contribution in [0.5, 0.6) is 0 Å². The molecular formula is C22H27N5O. The fraction of sp³-hybridized carbons (Fsp3) is 0.409. The third-order valence-electron chi connectivity index (χ3n) is 5.83. The van der Waals surface area contributed by atoms with E-state index in [-0.39, 0.29) is 5.91 Å². The molecule has 146 valence electrons. The molecule has 0 radical (unpaired) electrons. The van der Waals surface area contributed by atoms with E-state index in [1.54, 1.807) is 29.2 Å². The van der Waals surface area contributed by atoms with Gasteiger partial charge in [0, 0.05) is 24.6 Å². The molecule has 1 fully saturated rings. The maximum atomic E-state index is 12.6. The number of piperidine rings is 1. The molecule has 0 aliphatic carbocycles. The van der Waals surface area contributed by atoms with Crippen molar-refractivity contribution >= 4 is 17.2 Å². The third-order valence-corrected chi connectivity index (χ3v) is 5.83. The number of benzene rings is 1. The quantitative estimate of drug-likeness (QED) is 0.739. The zero-order valence-electron chi connectivity index (χ0n) is 16.5. The number of aryl methyl sites for hydroxylation is 1. The van der Waals surface area contributed by atoms with Crippen LogP contribution in [0.25, 0.3) is 5.65 Å². The summed E-state index contributed by atoms with van der Waals surface area (Å²) >= 11 is 0. The highest BCUT2D eigenvalue weighted by atomic mass is 16.1. The molecule has 28 heavy (non-hydrogen) atoms. The highest BCUT2D eigenvalue weighted by Crippen LogP contribution is 2.27. The van der Waals surface area contributed by atoms with Crippen molar-refractivity contribution in [2.24, 2.45) is 11.8 Å². The van der Waals surface area contributed by atoms with Gasteiger partial charge in [-0.3, -0.25) is 4.79 Å². The van der Waals surface area contributed by atoms with Gasteiger partial charge in [-0.2, -0.15) is 5.10 Å². The zero-order chi connectivity index (χ0) is 19.5. The first kappa shape index (κ1) is 18.6. The lowest BCUT2D eigenvalue weighted by molar-refractivity contribution is 0.102. The van der Waals surface area contributed by atoms with E-state index < -0.39 is 0 Å². The summed E-state index contributed by atoms with van der Waals surface area (Å²) < 4.78 is 1.60. The van der Waals surface area contributed by atoms with Gasteiger partial charge in [0.1, 0.15) is 5.56 Å². The van der Waals surface area contributed by atoms with E-state index in [4.69, 9.17) is 0 Å². The van der Waals surface area contributed by atoms with Crippen molar-refractivity contribution in [2.45, 2.75) is 26.2 Å². The number of nitrogens with one attached hydrogen (secondary N) is 1. The van der Waals surface area contributed by atoms with Crippen molar-refractivity contribution < 1.29 is 4.79 Å². The van der Waals surface area contributed by atoms with Gasteiger partial charge in [-0.1, -0.05) is 19.1 Å². The molecule has 0 saturated carbocycles. The van der Waals surface area contributed by atoms with Gasteiger partial charge in [0.25, 0.3) is 5.91 Å². The Morgan fingerprint density at radius 2 is 2.11 bits per heavy atom. The van der Waals surface area contributed by atoms with Crippen LogP contribution < -0.4 is 5.32 Å². The van der Waals surface area contributed by atoms with E-state index in [0.717, 1.165) is 23.9 Å². The second-order valence-corrected chi connectivity index (χ2v) is 7.92. The van der Waals surface area contributed by atoms with Crippen LogP contribution in [0.1, 0.15) is 35.7 Å². The van der Waals surface area contributed by atoms with Crippen LogP contribution in [0.2, 0.25) is 0 Å². The molecule has 6 heteroatoms. The zero-order valence-corrected chi connectivity index (χ0v) is 16.5. The second kappa shape index (κ2) is 8.10. The SMILES string of the molecule is CC1CN(C)CCC1CCc1ccc(NC(=O)c2cnn3cccnc23)cc1. The Kier molecular flexibility index (Phi) is 5.39. The molecule has 2 atom stereocenters. The van der Waals surface area contributed by atoms with Gasteiger partial charge in [0.15, 0.2) is 5.65 Å². The van der Waals surface area contributed by atoms with E-state index in [1.165, 1.54) is 31.5 Å². The van der Waals surface area contributed by atoms with Crippen molar-refractivity contribution in [3.8, 4) is 0 Å². The molecule has 3 aromatic rings. The number of rotatable bonds is 5. The first-order chi connectivity index (χ1) is 13.6. The lowest BCUT2D eigenvalue weighted by Crippen LogP contribution is -2.36. The van der Waals surface area contributed by atoms with E-state index in [2.05, 4.69) is 46.4 Å². The maximum absolute atomic E-state index is 12.6. The highest BCUT2D eigenvalue weighted by Gasteiger charge is 2.23. The van der Waals surface area contributed by atoms with Crippen molar-refractivity contribution in [3.05, 3.63) is 60.0 Å². The Balaban J connectivity index is 1.35. The van der Waals surface area contributed by atoms with E-state index in [1.807, 2.05) is 12.1 Å². The number of amides is 1. The van der Waals surface area contributed by atoms with Crippen LogP contribution in [-0.2, 0) is 6.42 Å². The predicted octanol–water partition coefficient (Wildman–Crippen LogP) is 3.50. The van der Waals surface area contributed by atoms with Crippen LogP contribution in [-0.4, -0.2) is 45.5 Å². The van der Waals surface area contributed by atoms with Gasteiger partial charge < -0.3 is 10.2 Å². The van der Waals surface area contributed by atoms with Crippen molar-refractivity contribution in [1.29, 1.82) is 0 Å². The first-order valence-electron chi connectivity index (χ1n) is 9.97. The van der Waals surface area contributed by atoms with E-state index in [0.29, 0.717) is 11.2 Å². The smallest absolute Gasteiger partial charge is 0.261 e. The van der Waals surface area contributed by atoms with Gasteiger partial charge in [0.2, 0.25) is 0 Å². The monoisotopic (exact) mass is 377 g/mol. The molecule has 2 aromatic heterocycles. The molecule has 1 saturated heterocycles. The fourth-order valence-electron chi connectivity index (χ4n) is 4.12. The van der Waals surface area contributed by atoms with Crippen LogP contribution >= 0.6 is 0 Å². The maximum Gasteiger partial charge on any atom is 0.261 e. The molecule has 4 rings (SSSR count). The summed E-state index contributed by atoms with van der Waals surface area (Å²) in [6.45, 7) is 4.78. The molecule has 0 spiro atoms. The summed E-state index contributed by atoms with van der Waals surface area (Å²) in [7, 11) is 2.21. The molecule has 1 aliphatic rings. The molecule has 1 N–H and O–H groups in total. The minimum atomic E-state index is -0.193. The molecule has 1 aromatic carbocycles. The topological polar surface area (TPSA) is 62.5 Å². The first-order valence-corrected chi connectivity index (χ1v) is 9.97. The number of hydrogen-bond donors (Lipinski definition) is 1. The molecule has 2 unspecified atom stereocenters. The Morgan fingerprint density at radius 1 is 1.29 bits per heavy atom. The number of nitrogens with zero attached hydrogens (tertiary/aromatic N) is 4. The summed E-state index contributed by atoms with van der Waals surface area (Å²) in [6.07, 6.45) is 8.60. The van der Waals surface area contributed by atoms with Gasteiger partial charge in [-0.15, -0.1) is 0 Å². The van der Waals surface area contributed by atoms with Gasteiger partial charge in [-0.05, 0) is 68.5 Å². The summed E-state index contributed by atoms with van der Waals surface area (Å²) in [5.41, 5.74) is 3.14. The van der Waals surface area contributed by atoms with Gasteiger partial charge >= 0.3 is 0 Å². The number of carbonyl (C=O) groups is 1. The van der Waals surface area contributed by atoms with Crippen LogP contribution in [0, 0.1) is 11.8 Å². The number of anilines is 1. The molecule has 1 amide bonds. The number of carbonyl (C=O) groups excluding carboxylic acids is 1. The van der Waals surface area contributed by atoms with Crippen LogP contribution in [0.15, 0.2) is 48.9 Å². The minimum Gasteiger partial charge on any atom is -0.322 e. The lowest BCUT2D eigenvalue weighted by atomic mass is 9.83. The molecule has 6 nitrogen and oxygen atoms in total. The second-order valence-electron chi connectivity index (χ2n) is 7.92. The van der Waals surface area contributed by atoms with E-state index in [9.17, 15) is 4.79 Å². The summed E-state index contributed by atoms with van der Waals surface area (Å²) in [6, 6.07) is 9.97. The summed E-state index contributed by atoms with van der Waals surface area (Å²) in [5, 5.41) is 7.11. The molecule has 3 heterocycles. The van der Waals surface area contributed by atoms with Gasteiger partial charge in [-0.25, -0.2) is 9.50 Å². The van der Waals surface area contributed by atoms with Crippen LogP contribution in [0.4, 0.5) is 5.69 Å². The fourth-order valence-corrected chi connectivity index (χ4v) is 4.12. The number of likely N-dealkylation sites (tertiary alicyclic amines) is 1. The summed E-state index contributed by atoms with van der Waals surface area (Å²) in [4.78, 5) is 19.2. The average Bonchev–Trinajstić information content (AvgIpc) is 3.13. The lowest BCUT2D eigenvalue weighted by Gasteiger charge is -2.34. The molecule has 0 bridgehead atoms.